The van der Waals surface area contributed by atoms with Crippen LogP contribution in [0.5, 0.6) is 0 Å². The Labute approximate surface area is 89.2 Å². The van der Waals surface area contributed by atoms with Crippen LogP contribution in [0.1, 0.15) is 34.6 Å². The maximum Gasteiger partial charge on any atom is 0.344 e. The molecule has 0 amide bonds. The lowest BCUT2D eigenvalue weighted by Gasteiger charge is -2.37. The Morgan fingerprint density at radius 1 is 1.07 bits per heavy atom. The van der Waals surface area contributed by atoms with Gasteiger partial charge in [0.05, 0.1) is 0 Å². The van der Waals surface area contributed by atoms with E-state index in [1.54, 1.807) is 0 Å². The van der Waals surface area contributed by atoms with E-state index in [0.29, 0.717) is 17.6 Å². The molecule has 0 rings (SSSR count). The molecule has 0 aromatic carbocycles. The smallest absolute Gasteiger partial charge is 0.344 e. The lowest BCUT2D eigenvalue weighted by Crippen LogP contribution is -2.51. The monoisotopic (exact) mass is 219 g/mol. The number of hydrogen-bond acceptors (Lipinski definition) is 3. The molecule has 4 heteroatoms. The van der Waals surface area contributed by atoms with E-state index in [1.807, 2.05) is 13.8 Å². The van der Waals surface area contributed by atoms with E-state index < -0.39 is 8.56 Å². The van der Waals surface area contributed by atoms with Gasteiger partial charge in [0.15, 0.2) is 0 Å². The maximum atomic E-state index is 5.92. The third-order valence-corrected chi connectivity index (χ3v) is 7.28. The Morgan fingerprint density at radius 2 is 1.50 bits per heavy atom. The molecule has 3 nitrogen and oxygen atoms in total. The van der Waals surface area contributed by atoms with E-state index in [4.69, 9.17) is 14.6 Å². The van der Waals surface area contributed by atoms with Gasteiger partial charge in [0.1, 0.15) is 0 Å². The minimum atomic E-state index is -2.10. The molecule has 0 bridgehead atoms. The average Bonchev–Trinajstić information content (AvgIpc) is 2.15. The fourth-order valence-electron chi connectivity index (χ4n) is 1.84. The molecule has 14 heavy (non-hydrogen) atoms. The van der Waals surface area contributed by atoms with Gasteiger partial charge in [-0.2, -0.15) is 0 Å². The lowest BCUT2D eigenvalue weighted by atomic mass is 10.5. The summed E-state index contributed by atoms with van der Waals surface area (Å²) in [6, 6.07) is 0. The SMILES string of the molecule is CCO[Si](OCC)(C(C)C)C(C)CN. The van der Waals surface area contributed by atoms with Gasteiger partial charge in [0, 0.05) is 18.8 Å². The Morgan fingerprint density at radius 3 is 1.71 bits per heavy atom. The van der Waals surface area contributed by atoms with Crippen molar-refractivity contribution in [2.45, 2.75) is 45.7 Å². The summed E-state index contributed by atoms with van der Waals surface area (Å²) >= 11 is 0. The maximum absolute atomic E-state index is 5.92. The predicted octanol–water partition coefficient (Wildman–Crippen LogP) is 2.26. The molecule has 0 aromatic rings. The fourth-order valence-corrected chi connectivity index (χ4v) is 5.53. The van der Waals surface area contributed by atoms with Crippen molar-refractivity contribution in [2.24, 2.45) is 5.73 Å². The topological polar surface area (TPSA) is 44.5 Å². The van der Waals surface area contributed by atoms with Crippen LogP contribution in [0.2, 0.25) is 11.1 Å². The Balaban J connectivity index is 4.72. The first kappa shape index (κ1) is 14.1. The van der Waals surface area contributed by atoms with Crippen LogP contribution in [0.3, 0.4) is 0 Å². The lowest BCUT2D eigenvalue weighted by molar-refractivity contribution is 0.166. The van der Waals surface area contributed by atoms with Gasteiger partial charge in [0.2, 0.25) is 0 Å². The summed E-state index contributed by atoms with van der Waals surface area (Å²) in [7, 11) is -2.10. The van der Waals surface area contributed by atoms with E-state index >= 15 is 0 Å². The molecule has 86 valence electrons. The summed E-state index contributed by atoms with van der Waals surface area (Å²) in [4.78, 5) is 0. The highest BCUT2D eigenvalue weighted by atomic mass is 28.4. The molecule has 2 N–H and O–H groups in total. The molecule has 0 heterocycles. The zero-order valence-electron chi connectivity index (χ0n) is 10.2. The van der Waals surface area contributed by atoms with Crippen LogP contribution in [0.15, 0.2) is 0 Å². The summed E-state index contributed by atoms with van der Waals surface area (Å²) < 4.78 is 11.8. The van der Waals surface area contributed by atoms with E-state index in [0.717, 1.165) is 13.2 Å². The summed E-state index contributed by atoms with van der Waals surface area (Å²) in [6.07, 6.45) is 0. The molecule has 0 aliphatic rings. The second-order valence-corrected chi connectivity index (χ2v) is 8.04. The zero-order valence-corrected chi connectivity index (χ0v) is 11.2. The van der Waals surface area contributed by atoms with Gasteiger partial charge in [-0.1, -0.05) is 20.8 Å². The van der Waals surface area contributed by atoms with Gasteiger partial charge in [-0.25, -0.2) is 0 Å². The molecule has 0 aromatic heterocycles. The van der Waals surface area contributed by atoms with Crippen molar-refractivity contribution >= 4 is 8.56 Å². The highest BCUT2D eigenvalue weighted by molar-refractivity contribution is 6.70. The predicted molar refractivity (Wildman–Crippen MR) is 62.6 cm³/mol. The molecule has 0 fully saturated rings. The minimum absolute atomic E-state index is 0.349. The molecular weight excluding hydrogens is 194 g/mol. The molecule has 1 unspecified atom stereocenters. The third kappa shape index (κ3) is 3.05. The molecule has 0 radical (unpaired) electrons. The van der Waals surface area contributed by atoms with Gasteiger partial charge in [0.25, 0.3) is 0 Å². The number of rotatable bonds is 7. The molecule has 1 atom stereocenters. The summed E-state index contributed by atoms with van der Waals surface area (Å²) in [5.41, 5.74) is 6.53. The Bertz CT molecular complexity index is 147. The van der Waals surface area contributed by atoms with Crippen LogP contribution < -0.4 is 5.73 Å². The summed E-state index contributed by atoms with van der Waals surface area (Å²) in [5, 5.41) is 0. The van der Waals surface area contributed by atoms with Crippen molar-refractivity contribution in [1.29, 1.82) is 0 Å². The van der Waals surface area contributed by atoms with Crippen LogP contribution >= 0.6 is 0 Å². The van der Waals surface area contributed by atoms with Crippen LogP contribution in [0.25, 0.3) is 0 Å². The van der Waals surface area contributed by atoms with Gasteiger partial charge in [-0.05, 0) is 25.9 Å². The average molecular weight is 219 g/mol. The molecule has 0 spiro atoms. The van der Waals surface area contributed by atoms with Crippen molar-refractivity contribution < 1.29 is 8.85 Å². The fraction of sp³-hybridized carbons (Fsp3) is 1.00. The third-order valence-electron chi connectivity index (χ3n) is 2.59. The normalized spacial score (nSPS) is 14.8. The first-order valence-electron chi connectivity index (χ1n) is 5.53. The van der Waals surface area contributed by atoms with E-state index in [1.165, 1.54) is 0 Å². The molecule has 0 saturated carbocycles. The van der Waals surface area contributed by atoms with Crippen molar-refractivity contribution in [3.63, 3.8) is 0 Å². The van der Waals surface area contributed by atoms with E-state index in [9.17, 15) is 0 Å². The molecule has 0 saturated heterocycles. The van der Waals surface area contributed by atoms with Crippen LogP contribution in [-0.4, -0.2) is 28.3 Å². The van der Waals surface area contributed by atoms with Crippen molar-refractivity contribution in [3.8, 4) is 0 Å². The number of hydrogen-bond donors (Lipinski definition) is 1. The standard InChI is InChI=1S/C10H25NO2Si/c1-6-12-14(9(3)4,13-7-2)10(5)8-11/h9-10H,6-8,11H2,1-5H3. The molecular formula is C10H25NO2Si. The van der Waals surface area contributed by atoms with E-state index in [2.05, 4.69) is 20.8 Å². The largest absolute Gasteiger partial charge is 0.394 e. The quantitative estimate of drug-likeness (QED) is 0.668. The summed E-state index contributed by atoms with van der Waals surface area (Å²) in [6.45, 7) is 12.6. The van der Waals surface area contributed by atoms with Gasteiger partial charge in [-0.15, -0.1) is 0 Å². The van der Waals surface area contributed by atoms with Gasteiger partial charge in [-0.3, -0.25) is 0 Å². The second-order valence-electron chi connectivity index (χ2n) is 3.88. The van der Waals surface area contributed by atoms with Crippen LogP contribution in [-0.2, 0) is 8.85 Å². The minimum Gasteiger partial charge on any atom is -0.394 e. The highest BCUT2D eigenvalue weighted by Crippen LogP contribution is 2.33. The van der Waals surface area contributed by atoms with Gasteiger partial charge >= 0.3 is 8.56 Å². The van der Waals surface area contributed by atoms with Gasteiger partial charge < -0.3 is 14.6 Å². The second kappa shape index (κ2) is 6.56. The van der Waals surface area contributed by atoms with Crippen LogP contribution in [0.4, 0.5) is 0 Å². The Hall–Kier alpha value is 0.0969. The molecule has 0 aliphatic heterocycles. The summed E-state index contributed by atoms with van der Waals surface area (Å²) in [5.74, 6) is 0. The van der Waals surface area contributed by atoms with Crippen molar-refractivity contribution in [2.75, 3.05) is 19.8 Å². The highest BCUT2D eigenvalue weighted by Gasteiger charge is 2.45. The number of nitrogens with two attached hydrogens (primary N) is 1. The first-order valence-corrected chi connectivity index (χ1v) is 7.50. The van der Waals surface area contributed by atoms with Crippen LogP contribution in [0, 0.1) is 0 Å². The first-order chi connectivity index (χ1) is 6.55. The zero-order chi connectivity index (χ0) is 11.2. The van der Waals surface area contributed by atoms with Crippen molar-refractivity contribution in [3.05, 3.63) is 0 Å². The Kier molecular flexibility index (Phi) is 6.60. The van der Waals surface area contributed by atoms with E-state index in [-0.39, 0.29) is 0 Å². The molecule has 0 aliphatic carbocycles. The van der Waals surface area contributed by atoms with Crippen molar-refractivity contribution in [1.82, 2.24) is 0 Å².